The Hall–Kier alpha value is -2.96. The van der Waals surface area contributed by atoms with E-state index in [1.165, 1.54) is 0 Å². The van der Waals surface area contributed by atoms with Crippen LogP contribution in [0.15, 0.2) is 36.4 Å². The third-order valence-electron chi connectivity index (χ3n) is 4.80. The molecule has 2 aromatic rings. The number of anilines is 1. The summed E-state index contributed by atoms with van der Waals surface area (Å²) >= 11 is 0. The number of rotatable bonds is 6. The molecule has 0 atom stereocenters. The van der Waals surface area contributed by atoms with Gasteiger partial charge in [0.25, 0.3) is 5.91 Å². The molecule has 1 aliphatic heterocycles. The second kappa shape index (κ2) is 8.62. The number of benzene rings is 1. The Morgan fingerprint density at radius 2 is 1.74 bits per heavy atom. The summed E-state index contributed by atoms with van der Waals surface area (Å²) in [6, 6.07) is 11.5. The van der Waals surface area contributed by atoms with Gasteiger partial charge in [-0.05, 0) is 13.8 Å². The number of amides is 2. The van der Waals surface area contributed by atoms with E-state index >= 15 is 0 Å². The van der Waals surface area contributed by atoms with Crippen molar-refractivity contribution in [3.8, 4) is 11.4 Å². The summed E-state index contributed by atoms with van der Waals surface area (Å²) in [6.45, 7) is 7.86. The molecule has 0 spiro atoms. The molecule has 0 saturated carbocycles. The lowest BCUT2D eigenvalue weighted by Crippen LogP contribution is -2.48. The van der Waals surface area contributed by atoms with Crippen molar-refractivity contribution in [2.75, 3.05) is 44.2 Å². The summed E-state index contributed by atoms with van der Waals surface area (Å²) < 4.78 is 0. The van der Waals surface area contributed by atoms with Gasteiger partial charge in [0.05, 0.1) is 0 Å². The standard InChI is InChI=1S/C20H25N5O2/c1-3-24(4-2)18-14-17(20(27)25-12-10-23(15-26)11-13-25)21-19(22-18)16-8-6-5-7-9-16/h5-9,14-15H,3-4,10-13H2,1-2H3. The number of hydrogen-bond acceptors (Lipinski definition) is 5. The van der Waals surface area contributed by atoms with E-state index in [0.717, 1.165) is 30.9 Å². The van der Waals surface area contributed by atoms with E-state index in [2.05, 4.69) is 28.7 Å². The summed E-state index contributed by atoms with van der Waals surface area (Å²) in [6.07, 6.45) is 0.832. The van der Waals surface area contributed by atoms with Crippen molar-refractivity contribution in [2.45, 2.75) is 13.8 Å². The maximum Gasteiger partial charge on any atom is 0.272 e. The molecule has 0 aliphatic carbocycles. The Morgan fingerprint density at radius 3 is 2.33 bits per heavy atom. The molecule has 1 fully saturated rings. The predicted molar refractivity (Wildman–Crippen MR) is 105 cm³/mol. The molecule has 0 bridgehead atoms. The Balaban J connectivity index is 1.95. The van der Waals surface area contributed by atoms with Crippen LogP contribution in [0.2, 0.25) is 0 Å². The summed E-state index contributed by atoms with van der Waals surface area (Å²) in [5.74, 6) is 1.19. The van der Waals surface area contributed by atoms with Crippen LogP contribution in [0, 0.1) is 0 Å². The van der Waals surface area contributed by atoms with Gasteiger partial charge in [-0.15, -0.1) is 0 Å². The predicted octanol–water partition coefficient (Wildman–Crippen LogP) is 1.90. The molecule has 7 nitrogen and oxygen atoms in total. The molecule has 27 heavy (non-hydrogen) atoms. The van der Waals surface area contributed by atoms with E-state index in [9.17, 15) is 9.59 Å². The van der Waals surface area contributed by atoms with E-state index in [-0.39, 0.29) is 5.91 Å². The molecule has 0 unspecified atom stereocenters. The van der Waals surface area contributed by atoms with Crippen LogP contribution in [-0.2, 0) is 4.79 Å². The van der Waals surface area contributed by atoms with Crippen molar-refractivity contribution < 1.29 is 9.59 Å². The lowest BCUT2D eigenvalue weighted by molar-refractivity contribution is -0.119. The fraction of sp³-hybridized carbons (Fsp3) is 0.400. The van der Waals surface area contributed by atoms with E-state index < -0.39 is 0 Å². The smallest absolute Gasteiger partial charge is 0.272 e. The van der Waals surface area contributed by atoms with Gasteiger partial charge < -0.3 is 14.7 Å². The molecule has 0 radical (unpaired) electrons. The first-order valence-corrected chi connectivity index (χ1v) is 9.34. The van der Waals surface area contributed by atoms with Crippen LogP contribution in [0.5, 0.6) is 0 Å². The van der Waals surface area contributed by atoms with E-state index in [4.69, 9.17) is 0 Å². The van der Waals surface area contributed by atoms with Gasteiger partial charge in [0.1, 0.15) is 11.5 Å². The molecule has 1 aromatic carbocycles. The van der Waals surface area contributed by atoms with Gasteiger partial charge in [0.15, 0.2) is 5.82 Å². The second-order valence-corrected chi connectivity index (χ2v) is 6.41. The van der Waals surface area contributed by atoms with Crippen LogP contribution in [0.3, 0.4) is 0 Å². The van der Waals surface area contributed by atoms with Crippen molar-refractivity contribution >= 4 is 18.1 Å². The van der Waals surface area contributed by atoms with Crippen molar-refractivity contribution in [3.05, 3.63) is 42.1 Å². The quantitative estimate of drug-likeness (QED) is 0.730. The highest BCUT2D eigenvalue weighted by atomic mass is 16.2. The van der Waals surface area contributed by atoms with Crippen LogP contribution < -0.4 is 4.90 Å². The Kier molecular flexibility index (Phi) is 6.01. The van der Waals surface area contributed by atoms with E-state index in [1.807, 2.05) is 30.3 Å². The van der Waals surface area contributed by atoms with Crippen LogP contribution in [0.1, 0.15) is 24.3 Å². The van der Waals surface area contributed by atoms with Gasteiger partial charge in [-0.1, -0.05) is 30.3 Å². The van der Waals surface area contributed by atoms with Crippen LogP contribution in [-0.4, -0.2) is 71.4 Å². The molecular formula is C20H25N5O2. The van der Waals surface area contributed by atoms with Gasteiger partial charge in [-0.25, -0.2) is 9.97 Å². The van der Waals surface area contributed by atoms with Gasteiger partial charge in [0, 0.05) is 50.9 Å². The fourth-order valence-corrected chi connectivity index (χ4v) is 3.16. The average molecular weight is 367 g/mol. The Labute approximate surface area is 159 Å². The minimum absolute atomic E-state index is 0.117. The maximum atomic E-state index is 13.0. The zero-order valence-corrected chi connectivity index (χ0v) is 15.8. The number of nitrogens with zero attached hydrogens (tertiary/aromatic N) is 5. The van der Waals surface area contributed by atoms with Gasteiger partial charge >= 0.3 is 0 Å². The third kappa shape index (κ3) is 4.24. The number of carbonyl (C=O) groups is 2. The summed E-state index contributed by atoms with van der Waals surface area (Å²) in [5, 5.41) is 0. The summed E-state index contributed by atoms with van der Waals surface area (Å²) in [7, 11) is 0. The molecule has 3 rings (SSSR count). The molecule has 2 heterocycles. The average Bonchev–Trinajstić information content (AvgIpc) is 2.74. The molecular weight excluding hydrogens is 342 g/mol. The van der Waals surface area contributed by atoms with E-state index in [0.29, 0.717) is 37.7 Å². The first kappa shape index (κ1) is 18.8. The fourth-order valence-electron chi connectivity index (χ4n) is 3.16. The number of carbonyl (C=O) groups excluding carboxylic acids is 2. The summed E-state index contributed by atoms with van der Waals surface area (Å²) in [4.78, 5) is 38.7. The molecule has 1 aromatic heterocycles. The van der Waals surface area contributed by atoms with Crippen molar-refractivity contribution in [3.63, 3.8) is 0 Å². The first-order chi connectivity index (χ1) is 13.2. The zero-order chi connectivity index (χ0) is 19.2. The maximum absolute atomic E-state index is 13.0. The lowest BCUT2D eigenvalue weighted by Gasteiger charge is -2.32. The molecule has 7 heteroatoms. The highest BCUT2D eigenvalue weighted by Gasteiger charge is 2.24. The Bertz CT molecular complexity index is 784. The third-order valence-corrected chi connectivity index (χ3v) is 4.80. The number of piperazine rings is 1. The van der Waals surface area contributed by atoms with Crippen LogP contribution in [0.25, 0.3) is 11.4 Å². The normalized spacial score (nSPS) is 14.1. The monoisotopic (exact) mass is 367 g/mol. The number of aromatic nitrogens is 2. The van der Waals surface area contributed by atoms with Crippen molar-refractivity contribution in [1.82, 2.24) is 19.8 Å². The lowest BCUT2D eigenvalue weighted by atomic mass is 10.2. The van der Waals surface area contributed by atoms with Gasteiger partial charge in [0.2, 0.25) is 6.41 Å². The molecule has 142 valence electrons. The highest BCUT2D eigenvalue weighted by Crippen LogP contribution is 2.21. The SMILES string of the molecule is CCN(CC)c1cc(C(=O)N2CCN(C=O)CC2)nc(-c2ccccc2)n1. The minimum atomic E-state index is -0.117. The molecule has 2 amide bonds. The zero-order valence-electron chi connectivity index (χ0n) is 15.8. The van der Waals surface area contributed by atoms with Crippen LogP contribution in [0.4, 0.5) is 5.82 Å². The Morgan fingerprint density at radius 1 is 1.07 bits per heavy atom. The molecule has 1 saturated heterocycles. The van der Waals surface area contributed by atoms with Crippen molar-refractivity contribution in [1.29, 1.82) is 0 Å². The topological polar surface area (TPSA) is 69.6 Å². The molecule has 0 N–H and O–H groups in total. The second-order valence-electron chi connectivity index (χ2n) is 6.41. The van der Waals surface area contributed by atoms with Gasteiger partial charge in [-0.3, -0.25) is 9.59 Å². The van der Waals surface area contributed by atoms with E-state index in [1.54, 1.807) is 15.9 Å². The summed E-state index contributed by atoms with van der Waals surface area (Å²) in [5.41, 5.74) is 1.27. The van der Waals surface area contributed by atoms with Crippen molar-refractivity contribution in [2.24, 2.45) is 0 Å². The van der Waals surface area contributed by atoms with Gasteiger partial charge in [-0.2, -0.15) is 0 Å². The number of hydrogen-bond donors (Lipinski definition) is 0. The minimum Gasteiger partial charge on any atom is -0.357 e. The first-order valence-electron chi connectivity index (χ1n) is 9.34. The molecule has 1 aliphatic rings. The largest absolute Gasteiger partial charge is 0.357 e. The van der Waals surface area contributed by atoms with Crippen LogP contribution >= 0.6 is 0 Å². The highest BCUT2D eigenvalue weighted by molar-refractivity contribution is 5.93.